The second-order valence-electron chi connectivity index (χ2n) is 12.0. The zero-order chi connectivity index (χ0) is 33.3. The Morgan fingerprint density at radius 2 is 1.23 bits per heavy atom. The van der Waals surface area contributed by atoms with Crippen LogP contribution in [0.15, 0.2) is 133 Å². The number of fused-ring (bicyclic) bond motifs is 3. The first-order valence-electron chi connectivity index (χ1n) is 16.4. The minimum absolute atomic E-state index is 0.0994. The minimum atomic E-state index is -1.09. The maximum absolute atomic E-state index is 12.9. The molecule has 1 aliphatic carbocycles. The lowest BCUT2D eigenvalue weighted by molar-refractivity contribution is -0.139. The van der Waals surface area contributed by atoms with E-state index in [-0.39, 0.29) is 18.9 Å². The van der Waals surface area contributed by atoms with Crippen molar-refractivity contribution < 1.29 is 24.2 Å². The van der Waals surface area contributed by atoms with Gasteiger partial charge in [0.1, 0.15) is 18.4 Å². The number of hydrogen-bond donors (Lipinski definition) is 3. The van der Waals surface area contributed by atoms with E-state index in [1.165, 1.54) is 0 Å². The predicted molar refractivity (Wildman–Crippen MR) is 187 cm³/mol. The van der Waals surface area contributed by atoms with Crippen molar-refractivity contribution in [2.75, 3.05) is 20.3 Å². The van der Waals surface area contributed by atoms with E-state index in [1.54, 1.807) is 7.11 Å². The van der Waals surface area contributed by atoms with Crippen molar-refractivity contribution in [3.63, 3.8) is 0 Å². The molecule has 5 aromatic carbocycles. The highest BCUT2D eigenvalue weighted by Crippen LogP contribution is 2.44. The van der Waals surface area contributed by atoms with Crippen LogP contribution < -0.4 is 15.4 Å². The molecule has 0 fully saturated rings. The number of unbranched alkanes of at least 4 members (excludes halogenated alkanes) is 1. The molecule has 0 radical (unpaired) electrons. The molecule has 6 rings (SSSR count). The normalized spacial score (nSPS) is 12.9. The lowest BCUT2D eigenvalue weighted by Gasteiger charge is -2.37. The fourth-order valence-electron chi connectivity index (χ4n) is 6.81. The van der Waals surface area contributed by atoms with Crippen LogP contribution in [0.4, 0.5) is 4.79 Å². The number of carboxylic acid groups (broad SMARTS) is 1. The molecule has 244 valence electrons. The highest BCUT2D eigenvalue weighted by Gasteiger charge is 2.36. The monoisotopic (exact) mass is 640 g/mol. The van der Waals surface area contributed by atoms with E-state index in [0.29, 0.717) is 19.4 Å². The van der Waals surface area contributed by atoms with Gasteiger partial charge in [0.2, 0.25) is 0 Å². The second-order valence-corrected chi connectivity index (χ2v) is 12.0. The molecular weight excluding hydrogens is 600 g/mol. The highest BCUT2D eigenvalue weighted by molar-refractivity contribution is 5.81. The van der Waals surface area contributed by atoms with Gasteiger partial charge in [-0.2, -0.15) is 0 Å². The summed E-state index contributed by atoms with van der Waals surface area (Å²) < 4.78 is 11.1. The molecule has 48 heavy (non-hydrogen) atoms. The van der Waals surface area contributed by atoms with Gasteiger partial charge in [0, 0.05) is 5.92 Å². The van der Waals surface area contributed by atoms with Crippen molar-refractivity contribution in [3.8, 4) is 16.9 Å². The number of hydrogen-bond acceptors (Lipinski definition) is 5. The molecule has 0 aromatic heterocycles. The fraction of sp³-hybridized carbons (Fsp3) is 0.220. The molecule has 0 spiro atoms. The first-order valence-corrected chi connectivity index (χ1v) is 16.4. The molecule has 1 atom stereocenters. The maximum Gasteiger partial charge on any atom is 0.407 e. The Balaban J connectivity index is 1.09. The number of benzene rings is 5. The van der Waals surface area contributed by atoms with E-state index in [1.807, 2.05) is 84.9 Å². The number of aliphatic carboxylic acids is 1. The second kappa shape index (κ2) is 15.0. The molecule has 1 amide bonds. The number of amides is 1. The first kappa shape index (κ1) is 32.5. The van der Waals surface area contributed by atoms with Crippen LogP contribution in [0.2, 0.25) is 0 Å². The molecule has 0 heterocycles. The molecule has 1 aliphatic rings. The van der Waals surface area contributed by atoms with Crippen molar-refractivity contribution in [3.05, 3.63) is 161 Å². The molecule has 0 aliphatic heterocycles. The number of carbonyl (C=O) groups is 2. The van der Waals surface area contributed by atoms with Crippen LogP contribution >= 0.6 is 0 Å². The smallest absolute Gasteiger partial charge is 0.407 e. The van der Waals surface area contributed by atoms with Gasteiger partial charge in [-0.3, -0.25) is 5.32 Å². The average molecular weight is 641 g/mol. The van der Waals surface area contributed by atoms with Gasteiger partial charge in [-0.15, -0.1) is 0 Å². The van der Waals surface area contributed by atoms with Crippen molar-refractivity contribution in [1.29, 1.82) is 0 Å². The Hall–Kier alpha value is -5.40. The van der Waals surface area contributed by atoms with Gasteiger partial charge >= 0.3 is 12.1 Å². The molecule has 5 aromatic rings. The number of alkyl carbamates (subject to hydrolysis) is 1. The summed E-state index contributed by atoms with van der Waals surface area (Å²) in [4.78, 5) is 25.0. The summed E-state index contributed by atoms with van der Waals surface area (Å²) in [7, 11) is 1.65. The number of rotatable bonds is 14. The number of ether oxygens (including phenoxy) is 2. The van der Waals surface area contributed by atoms with Gasteiger partial charge < -0.3 is 19.9 Å². The third kappa shape index (κ3) is 6.82. The van der Waals surface area contributed by atoms with E-state index in [0.717, 1.165) is 44.7 Å². The summed E-state index contributed by atoms with van der Waals surface area (Å²) in [5.74, 6) is -0.410. The van der Waals surface area contributed by atoms with Crippen LogP contribution in [0.1, 0.15) is 53.0 Å². The van der Waals surface area contributed by atoms with Gasteiger partial charge in [0.15, 0.2) is 0 Å². The van der Waals surface area contributed by atoms with Crippen LogP contribution in [0, 0.1) is 0 Å². The van der Waals surface area contributed by atoms with Crippen molar-refractivity contribution >= 4 is 12.1 Å². The number of methoxy groups -OCH3 is 1. The van der Waals surface area contributed by atoms with E-state index < -0.39 is 23.6 Å². The third-order valence-corrected chi connectivity index (χ3v) is 9.18. The largest absolute Gasteiger partial charge is 0.497 e. The summed E-state index contributed by atoms with van der Waals surface area (Å²) in [6.07, 6.45) is 0.811. The summed E-state index contributed by atoms with van der Waals surface area (Å²) in [5.41, 5.74) is 7.05. The van der Waals surface area contributed by atoms with E-state index in [4.69, 9.17) is 9.47 Å². The topological polar surface area (TPSA) is 96.9 Å². The lowest BCUT2D eigenvalue weighted by atomic mass is 9.77. The molecule has 3 N–H and O–H groups in total. The van der Waals surface area contributed by atoms with Crippen LogP contribution in [-0.4, -0.2) is 43.5 Å². The van der Waals surface area contributed by atoms with Gasteiger partial charge in [0.05, 0.1) is 12.6 Å². The van der Waals surface area contributed by atoms with Gasteiger partial charge in [-0.25, -0.2) is 9.59 Å². The summed E-state index contributed by atoms with van der Waals surface area (Å²) in [6, 6.07) is 43.8. The molecule has 7 nitrogen and oxygen atoms in total. The predicted octanol–water partition coefficient (Wildman–Crippen LogP) is 7.74. The molecule has 0 saturated carbocycles. The maximum atomic E-state index is 12.9. The number of carboxylic acids is 1. The Kier molecular flexibility index (Phi) is 10.2. The van der Waals surface area contributed by atoms with Gasteiger partial charge in [-0.1, -0.05) is 121 Å². The third-order valence-electron chi connectivity index (χ3n) is 9.18. The SMILES string of the molecule is COc1ccc(C(NCCCCC(NC(=O)OCC2c3ccccc3-c3ccccc32)C(=O)O)(c2ccccc2)c2ccccc2)cc1. The quantitative estimate of drug-likeness (QED) is 0.0849. The van der Waals surface area contributed by atoms with Crippen LogP contribution in [-0.2, 0) is 15.1 Å². The van der Waals surface area contributed by atoms with Crippen molar-refractivity contribution in [2.45, 2.75) is 36.8 Å². The highest BCUT2D eigenvalue weighted by atomic mass is 16.5. The van der Waals surface area contributed by atoms with Gasteiger partial charge in [-0.05, 0) is 76.9 Å². The van der Waals surface area contributed by atoms with E-state index in [2.05, 4.69) is 59.2 Å². The van der Waals surface area contributed by atoms with Crippen LogP contribution in [0.3, 0.4) is 0 Å². The van der Waals surface area contributed by atoms with E-state index >= 15 is 0 Å². The lowest BCUT2D eigenvalue weighted by Crippen LogP contribution is -2.45. The zero-order valence-electron chi connectivity index (χ0n) is 27.0. The van der Waals surface area contributed by atoms with Gasteiger partial charge in [0.25, 0.3) is 0 Å². The standard InChI is InChI=1S/C41H40N2O5/c1-47-32-25-23-31(24-26-32)41(29-14-4-2-5-15-29,30-16-6-3-7-17-30)42-27-13-12-22-38(39(44)45)43-40(46)48-28-37-35-20-10-8-18-33(35)34-19-9-11-21-36(34)37/h2-11,14-21,23-26,37-38,42H,12-13,22,27-28H2,1H3,(H,43,46)(H,44,45). The summed E-state index contributed by atoms with van der Waals surface area (Å²) in [5, 5.41) is 16.4. The molecule has 1 unspecified atom stereocenters. The van der Waals surface area contributed by atoms with E-state index in [9.17, 15) is 14.7 Å². The molecule has 0 bridgehead atoms. The number of carbonyl (C=O) groups excluding carboxylic acids is 1. The first-order chi connectivity index (χ1) is 23.5. The summed E-state index contributed by atoms with van der Waals surface area (Å²) >= 11 is 0. The van der Waals surface area contributed by atoms with Crippen LogP contribution in [0.25, 0.3) is 11.1 Å². The number of nitrogens with one attached hydrogen (secondary N) is 2. The Morgan fingerprint density at radius 3 is 1.77 bits per heavy atom. The summed E-state index contributed by atoms with van der Waals surface area (Å²) in [6.45, 7) is 0.732. The fourth-order valence-corrected chi connectivity index (χ4v) is 6.81. The Labute approximate surface area is 281 Å². The van der Waals surface area contributed by atoms with Crippen LogP contribution in [0.5, 0.6) is 5.75 Å². The minimum Gasteiger partial charge on any atom is -0.497 e. The molecule has 7 heteroatoms. The van der Waals surface area contributed by atoms with Crippen molar-refractivity contribution in [1.82, 2.24) is 10.6 Å². The molecule has 0 saturated heterocycles. The molecular formula is C41H40N2O5. The Morgan fingerprint density at radius 1 is 0.708 bits per heavy atom. The average Bonchev–Trinajstić information content (AvgIpc) is 3.46. The zero-order valence-corrected chi connectivity index (χ0v) is 27.0. The van der Waals surface area contributed by atoms with Crippen molar-refractivity contribution in [2.24, 2.45) is 0 Å². The Bertz CT molecular complexity index is 1740.